The molecule has 5 aliphatic rings. The molecule has 0 bridgehead atoms. The smallest absolute Gasteiger partial charge is 0.0619 e. The third-order valence-corrected chi connectivity index (χ3v) is 28.8. The fourth-order valence-corrected chi connectivity index (χ4v) is 29.0. The highest BCUT2D eigenvalue weighted by Crippen LogP contribution is 2.88. The zero-order valence-corrected chi connectivity index (χ0v) is 38.3. The van der Waals surface area contributed by atoms with Gasteiger partial charge in [0, 0.05) is 0 Å². The van der Waals surface area contributed by atoms with Crippen molar-refractivity contribution in [2.24, 2.45) is 0 Å². The molecule has 2 unspecified atom stereocenters. The summed E-state index contributed by atoms with van der Waals surface area (Å²) < 4.78 is 0. The van der Waals surface area contributed by atoms with Crippen LogP contribution in [0.4, 0.5) is 0 Å². The molecule has 0 heterocycles. The van der Waals surface area contributed by atoms with E-state index in [1.165, 1.54) is 0 Å². The van der Waals surface area contributed by atoms with Crippen LogP contribution in [0.3, 0.4) is 0 Å². The molecule has 39 rings (SSSR count). The van der Waals surface area contributed by atoms with E-state index in [1.807, 2.05) is 0 Å². The molecule has 0 radical (unpaired) electrons. The van der Waals surface area contributed by atoms with Gasteiger partial charge >= 0.3 is 0 Å². The largest absolute Gasteiger partial charge is 0.0658 e. The Labute approximate surface area is 410 Å². The Balaban J connectivity index is 1.19. The Morgan fingerprint density at radius 3 is 0.342 bits per heavy atom. The molecule has 0 aromatic heterocycles. The minimum Gasteiger partial charge on any atom is -0.0619 e. The second-order valence-corrected chi connectivity index (χ2v) is 28.5. The summed E-state index contributed by atoms with van der Waals surface area (Å²) in [6, 6.07) is 10.3. The minimum atomic E-state index is -0.326. The van der Waals surface area contributed by atoms with Crippen LogP contribution < -0.4 is 0 Å². The summed E-state index contributed by atoms with van der Waals surface area (Å²) in [5, 5.41) is 107. The molecule has 0 heteroatoms. The topological polar surface area (TPSA) is 0 Å². The molecule has 0 N–H and O–H groups in total. The van der Waals surface area contributed by atoms with Gasteiger partial charge in [0.1, 0.15) is 0 Å². The van der Waals surface area contributed by atoms with Crippen molar-refractivity contribution in [1.82, 2.24) is 0 Å². The summed E-state index contributed by atoms with van der Waals surface area (Å²) in [7, 11) is 0. The quantitative estimate of drug-likeness (QED) is 0.105. The lowest BCUT2D eigenvalue weighted by molar-refractivity contribution is 0.369. The van der Waals surface area contributed by atoms with Gasteiger partial charge in [-0.1, -0.05) is 24.3 Å². The first-order chi connectivity index (χ1) is 38.0. The van der Waals surface area contributed by atoms with E-state index in [9.17, 15) is 0 Å². The van der Waals surface area contributed by atoms with E-state index in [4.69, 9.17) is 0 Å². The monoisotopic (exact) mass is 916 g/mol. The zero-order valence-electron chi connectivity index (χ0n) is 38.3. The van der Waals surface area contributed by atoms with Gasteiger partial charge < -0.3 is 0 Å². The fraction of sp³-hybridized carbons (Fsp3) is 0.0263. The van der Waals surface area contributed by atoms with Gasteiger partial charge in [-0.05, 0) is 378 Å². The molecule has 0 nitrogen and oxygen atoms in total. The summed E-state index contributed by atoms with van der Waals surface area (Å²) in [5.74, 6) is 0. The number of fused-ring (bicyclic) bond motifs is 1. The third kappa shape index (κ3) is 1.30. The van der Waals surface area contributed by atoms with Crippen molar-refractivity contribution in [1.29, 1.82) is 0 Å². The average Bonchev–Trinajstić information content (AvgIpc) is 2.10. The summed E-state index contributed by atoms with van der Waals surface area (Å²) in [4.78, 5) is 0. The Bertz CT molecular complexity index is 8990. The molecule has 0 saturated heterocycles. The molecule has 2 spiro atoms. The third-order valence-electron chi connectivity index (χ3n) is 28.8. The van der Waals surface area contributed by atoms with Crippen LogP contribution in [0.25, 0.3) is 345 Å². The summed E-state index contributed by atoms with van der Waals surface area (Å²) in [6.45, 7) is 0. The Hall–Kier alpha value is -9.62. The lowest BCUT2D eigenvalue weighted by Crippen LogP contribution is -2.62. The first kappa shape index (κ1) is 26.5. The van der Waals surface area contributed by atoms with Crippen LogP contribution in [-0.4, -0.2) is 0 Å². The van der Waals surface area contributed by atoms with Gasteiger partial charge in [0.2, 0.25) is 0 Å². The molecular weight excluding hydrogens is 913 g/mol. The van der Waals surface area contributed by atoms with Crippen molar-refractivity contribution in [3.63, 3.8) is 0 Å². The van der Waals surface area contributed by atoms with Crippen LogP contribution in [0.1, 0.15) is 33.4 Å². The van der Waals surface area contributed by atoms with Gasteiger partial charge in [0.15, 0.2) is 0 Å². The van der Waals surface area contributed by atoms with Crippen molar-refractivity contribution in [3.05, 3.63) is 57.6 Å². The van der Waals surface area contributed by atoms with Crippen LogP contribution in [-0.2, 0) is 10.8 Å². The molecule has 2 atom stereocenters. The van der Waals surface area contributed by atoms with Crippen LogP contribution in [0, 0.1) is 0 Å². The van der Waals surface area contributed by atoms with E-state index >= 15 is 0 Å². The maximum absolute atomic E-state index is 2.68. The average molecular weight is 917 g/mol. The molecule has 5 aliphatic carbocycles. The van der Waals surface area contributed by atoms with E-state index in [1.54, 1.807) is 378 Å². The first-order valence-electron chi connectivity index (χ1n) is 28.6. The van der Waals surface area contributed by atoms with Crippen molar-refractivity contribution < 1.29 is 0 Å². The summed E-state index contributed by atoms with van der Waals surface area (Å²) in [5.41, 5.74) is 9.68. The van der Waals surface area contributed by atoms with E-state index < -0.39 is 0 Å². The number of rotatable bonds is 0. The van der Waals surface area contributed by atoms with E-state index in [2.05, 4.69) is 24.3 Å². The van der Waals surface area contributed by atoms with Gasteiger partial charge in [0.25, 0.3) is 0 Å². The van der Waals surface area contributed by atoms with Gasteiger partial charge in [-0.2, -0.15) is 0 Å². The molecule has 76 heavy (non-hydrogen) atoms. The molecular formula is C76H4. The zero-order chi connectivity index (χ0) is 44.2. The van der Waals surface area contributed by atoms with Crippen LogP contribution in [0.2, 0.25) is 0 Å². The maximum Gasteiger partial charge on any atom is 0.0658 e. The molecule has 0 fully saturated rings. The highest BCUT2D eigenvalue weighted by molar-refractivity contribution is 6.84. The summed E-state index contributed by atoms with van der Waals surface area (Å²) >= 11 is 0. The van der Waals surface area contributed by atoms with Crippen LogP contribution in [0.15, 0.2) is 24.3 Å². The number of hydrogen-bond acceptors (Lipinski definition) is 0. The number of hydrogen-bond donors (Lipinski definition) is 0. The highest BCUT2D eigenvalue weighted by Gasteiger charge is 2.76. The van der Waals surface area contributed by atoms with Gasteiger partial charge in [-0.3, -0.25) is 0 Å². The Morgan fingerprint density at radius 1 is 0.118 bits per heavy atom. The molecule has 0 amide bonds. The Kier molecular flexibility index (Phi) is 2.02. The fourth-order valence-electron chi connectivity index (χ4n) is 29.0. The lowest BCUT2D eigenvalue weighted by Gasteiger charge is -2.65. The highest BCUT2D eigenvalue weighted by atomic mass is 14.8. The molecule has 34 aromatic carbocycles. The number of benzene rings is 23. The van der Waals surface area contributed by atoms with Crippen LogP contribution >= 0.6 is 0 Å². The van der Waals surface area contributed by atoms with Crippen LogP contribution in [0.5, 0.6) is 0 Å². The van der Waals surface area contributed by atoms with Crippen molar-refractivity contribution in [2.45, 2.75) is 10.8 Å². The van der Waals surface area contributed by atoms with Crippen molar-refractivity contribution >= 4 is 345 Å². The van der Waals surface area contributed by atoms with E-state index in [-0.39, 0.29) is 10.8 Å². The normalized spacial score (nSPS) is 22.1. The SMILES string of the molecule is c1ccc2c(c1)C13c4c5c6c7c8c9c%10c(c%11c%12c1c1c4c4c%13c5c5c6c6c8c8c9c9c%14c%10c%11c%10c%11c%12c%12c1c1c4c4c%13c%13c5c5c6c6c8c8c9c9c%14c%10c%10c%11c%11c%12c1c1c4c4c%13c5c5c6c8c6c9c%10c8c%11c1c4c5c86)C273. The van der Waals surface area contributed by atoms with Crippen molar-refractivity contribution in [3.8, 4) is 0 Å². The molecule has 308 valence electrons. The first-order valence-corrected chi connectivity index (χ1v) is 28.6. The second-order valence-electron chi connectivity index (χ2n) is 28.5. The van der Waals surface area contributed by atoms with Gasteiger partial charge in [-0.25, -0.2) is 0 Å². The minimum absolute atomic E-state index is 0.315. The maximum atomic E-state index is 2.68. The predicted molar refractivity (Wildman–Crippen MR) is 322 cm³/mol. The van der Waals surface area contributed by atoms with Gasteiger partial charge in [0.05, 0.1) is 10.8 Å². The summed E-state index contributed by atoms with van der Waals surface area (Å²) in [6.07, 6.45) is 0. The lowest BCUT2D eigenvalue weighted by atomic mass is 9.34. The van der Waals surface area contributed by atoms with E-state index in [0.29, 0.717) is 0 Å². The van der Waals surface area contributed by atoms with Crippen molar-refractivity contribution in [2.75, 3.05) is 0 Å². The molecule has 0 aliphatic heterocycles. The van der Waals surface area contributed by atoms with E-state index in [0.717, 1.165) is 0 Å². The second kappa shape index (κ2) is 5.79. The standard InChI is InChI=1S/C76H4/c1-2-4-6-5(3-1)75-71-63-54-48-33-24-15-9-7-8-10-14-18-11(7)17-13(9)25-26(24)42-43-34(25)35-27(17)32-28(18)40-36-22(14)23-16(10)21-20-12(8)19(15)29(33)38-30(20)39-31(21)41-37(23)45-44(36)55-51(40)57-46(32)47(35)61-60(43)64(62(63)49(42)48)72(75)70(61)68(57)73-66(55)67-56(45)52(41)59-53(39)58(50(38)54)65(71)69(59)74(67)76(6,73)75/h1-4H. The predicted octanol–water partition coefficient (Wildman–Crippen LogP) is 20.7. The van der Waals surface area contributed by atoms with Gasteiger partial charge in [-0.15, -0.1) is 0 Å². The molecule has 34 aromatic rings. The molecule has 0 saturated carbocycles. The Morgan fingerprint density at radius 2 is 0.211 bits per heavy atom.